The summed E-state index contributed by atoms with van der Waals surface area (Å²) < 4.78 is 0. The Hall–Kier alpha value is -1.58. The SMILES string of the molecule is O=C(CCC1CCCCC1)NCc1ccc(N2CCCC2)nc1. The molecule has 2 heterocycles. The number of carbonyl (C=O) groups excluding carboxylic acids is 1. The maximum Gasteiger partial charge on any atom is 0.220 e. The molecule has 4 nitrogen and oxygen atoms in total. The van der Waals surface area contributed by atoms with Crippen LogP contribution in [0, 0.1) is 5.92 Å². The predicted octanol–water partition coefficient (Wildman–Crippen LogP) is 3.66. The lowest BCUT2D eigenvalue weighted by Crippen LogP contribution is -2.24. The van der Waals surface area contributed by atoms with E-state index < -0.39 is 0 Å². The van der Waals surface area contributed by atoms with Gasteiger partial charge in [-0.2, -0.15) is 0 Å². The van der Waals surface area contributed by atoms with Gasteiger partial charge in [0.15, 0.2) is 0 Å². The summed E-state index contributed by atoms with van der Waals surface area (Å²) >= 11 is 0. The number of nitrogens with zero attached hydrogens (tertiary/aromatic N) is 2. The van der Waals surface area contributed by atoms with E-state index >= 15 is 0 Å². The van der Waals surface area contributed by atoms with E-state index in [9.17, 15) is 4.79 Å². The van der Waals surface area contributed by atoms with Gasteiger partial charge >= 0.3 is 0 Å². The molecular weight excluding hydrogens is 286 g/mol. The Morgan fingerprint density at radius 1 is 1.13 bits per heavy atom. The highest BCUT2D eigenvalue weighted by Crippen LogP contribution is 2.27. The van der Waals surface area contributed by atoms with Crippen LogP contribution < -0.4 is 10.2 Å². The minimum atomic E-state index is 0.180. The number of anilines is 1. The number of aromatic nitrogens is 1. The van der Waals surface area contributed by atoms with Gasteiger partial charge in [0.05, 0.1) is 0 Å². The highest BCUT2D eigenvalue weighted by Gasteiger charge is 2.15. The first kappa shape index (κ1) is 16.3. The highest BCUT2D eigenvalue weighted by atomic mass is 16.1. The maximum absolute atomic E-state index is 12.0. The smallest absolute Gasteiger partial charge is 0.220 e. The molecule has 1 aromatic heterocycles. The van der Waals surface area contributed by atoms with Crippen LogP contribution in [0.3, 0.4) is 0 Å². The molecule has 0 unspecified atom stereocenters. The molecule has 0 bridgehead atoms. The predicted molar refractivity (Wildman–Crippen MR) is 93.3 cm³/mol. The Labute approximate surface area is 139 Å². The van der Waals surface area contributed by atoms with E-state index in [1.54, 1.807) is 0 Å². The van der Waals surface area contributed by atoms with Crippen molar-refractivity contribution in [1.29, 1.82) is 0 Å². The number of hydrogen-bond acceptors (Lipinski definition) is 3. The second-order valence-corrected chi connectivity index (χ2v) is 7.04. The Morgan fingerprint density at radius 3 is 2.61 bits per heavy atom. The summed E-state index contributed by atoms with van der Waals surface area (Å²) in [5.41, 5.74) is 1.08. The molecule has 0 radical (unpaired) electrons. The molecule has 3 rings (SSSR count). The fraction of sp³-hybridized carbons (Fsp3) is 0.684. The minimum absolute atomic E-state index is 0.180. The maximum atomic E-state index is 12.0. The van der Waals surface area contributed by atoms with E-state index in [0.29, 0.717) is 13.0 Å². The third-order valence-corrected chi connectivity index (χ3v) is 5.23. The van der Waals surface area contributed by atoms with Crippen molar-refractivity contribution in [1.82, 2.24) is 10.3 Å². The number of rotatable bonds is 6. The average molecular weight is 315 g/mol. The van der Waals surface area contributed by atoms with Crippen LogP contribution in [0.4, 0.5) is 5.82 Å². The van der Waals surface area contributed by atoms with E-state index in [1.807, 2.05) is 6.20 Å². The standard InChI is InChI=1S/C19H29N3O/c23-19(11-9-16-6-2-1-3-7-16)21-15-17-8-10-18(20-14-17)22-12-4-5-13-22/h8,10,14,16H,1-7,9,11-13,15H2,(H,21,23). The van der Waals surface area contributed by atoms with Crippen LogP contribution in [0.2, 0.25) is 0 Å². The van der Waals surface area contributed by atoms with Crippen LogP contribution in [0.1, 0.15) is 63.4 Å². The van der Waals surface area contributed by atoms with E-state index in [1.165, 1.54) is 44.9 Å². The molecule has 23 heavy (non-hydrogen) atoms. The molecule has 2 fully saturated rings. The van der Waals surface area contributed by atoms with Crippen LogP contribution >= 0.6 is 0 Å². The van der Waals surface area contributed by atoms with Crippen LogP contribution in [-0.4, -0.2) is 24.0 Å². The van der Waals surface area contributed by atoms with Crippen LogP contribution in [0.25, 0.3) is 0 Å². The molecule has 0 spiro atoms. The van der Waals surface area contributed by atoms with E-state index in [4.69, 9.17) is 0 Å². The molecule has 4 heteroatoms. The van der Waals surface area contributed by atoms with Crippen molar-refractivity contribution in [2.75, 3.05) is 18.0 Å². The van der Waals surface area contributed by atoms with Gasteiger partial charge in [-0.1, -0.05) is 38.2 Å². The third-order valence-electron chi connectivity index (χ3n) is 5.23. The number of pyridine rings is 1. The molecule has 0 aromatic carbocycles. The van der Waals surface area contributed by atoms with E-state index in [0.717, 1.165) is 36.8 Å². The lowest BCUT2D eigenvalue weighted by Gasteiger charge is -2.21. The molecule has 1 amide bonds. The van der Waals surface area contributed by atoms with Crippen LogP contribution in [-0.2, 0) is 11.3 Å². The number of amides is 1. The number of carbonyl (C=O) groups is 1. The van der Waals surface area contributed by atoms with E-state index in [2.05, 4.69) is 27.3 Å². The second kappa shape index (κ2) is 8.32. The Morgan fingerprint density at radius 2 is 1.91 bits per heavy atom. The normalized spacial score (nSPS) is 19.0. The topological polar surface area (TPSA) is 45.2 Å². The number of hydrogen-bond donors (Lipinski definition) is 1. The Kier molecular flexibility index (Phi) is 5.89. The molecular formula is C19H29N3O. The van der Waals surface area contributed by atoms with Crippen molar-refractivity contribution in [3.05, 3.63) is 23.9 Å². The highest BCUT2D eigenvalue weighted by molar-refractivity contribution is 5.75. The van der Waals surface area contributed by atoms with Crippen molar-refractivity contribution >= 4 is 11.7 Å². The van der Waals surface area contributed by atoms with Crippen molar-refractivity contribution in [2.24, 2.45) is 5.92 Å². The van der Waals surface area contributed by atoms with Crippen LogP contribution in [0.15, 0.2) is 18.3 Å². The summed E-state index contributed by atoms with van der Waals surface area (Å²) in [6.07, 6.45) is 12.9. The lowest BCUT2D eigenvalue weighted by atomic mass is 9.86. The van der Waals surface area contributed by atoms with Gasteiger partial charge in [-0.3, -0.25) is 4.79 Å². The summed E-state index contributed by atoms with van der Waals surface area (Å²) in [6, 6.07) is 4.16. The third kappa shape index (κ3) is 4.95. The molecule has 1 N–H and O–H groups in total. The second-order valence-electron chi connectivity index (χ2n) is 7.04. The first-order chi connectivity index (χ1) is 11.3. The summed E-state index contributed by atoms with van der Waals surface area (Å²) in [5.74, 6) is 2.02. The molecule has 1 saturated carbocycles. The van der Waals surface area contributed by atoms with Crippen molar-refractivity contribution < 1.29 is 4.79 Å². The van der Waals surface area contributed by atoms with Gasteiger partial charge in [-0.05, 0) is 36.8 Å². The zero-order valence-corrected chi connectivity index (χ0v) is 14.1. The van der Waals surface area contributed by atoms with Crippen molar-refractivity contribution in [2.45, 2.75) is 64.3 Å². The van der Waals surface area contributed by atoms with Gasteiger partial charge in [-0.25, -0.2) is 4.98 Å². The average Bonchev–Trinajstić information content (AvgIpc) is 3.14. The lowest BCUT2D eigenvalue weighted by molar-refractivity contribution is -0.121. The molecule has 1 aliphatic heterocycles. The molecule has 1 saturated heterocycles. The fourth-order valence-corrected chi connectivity index (χ4v) is 3.75. The Balaban J connectivity index is 1.38. The van der Waals surface area contributed by atoms with E-state index in [-0.39, 0.29) is 5.91 Å². The monoisotopic (exact) mass is 315 g/mol. The molecule has 2 aliphatic rings. The van der Waals surface area contributed by atoms with Gasteiger partial charge in [0.25, 0.3) is 0 Å². The number of nitrogens with one attached hydrogen (secondary N) is 1. The summed E-state index contributed by atoms with van der Waals surface area (Å²) in [6.45, 7) is 2.82. The molecule has 1 aromatic rings. The van der Waals surface area contributed by atoms with Crippen LogP contribution in [0.5, 0.6) is 0 Å². The zero-order chi connectivity index (χ0) is 15.9. The molecule has 0 atom stereocenters. The summed E-state index contributed by atoms with van der Waals surface area (Å²) in [7, 11) is 0. The van der Waals surface area contributed by atoms with Gasteiger partial charge < -0.3 is 10.2 Å². The van der Waals surface area contributed by atoms with Gasteiger partial charge in [0.2, 0.25) is 5.91 Å². The fourth-order valence-electron chi connectivity index (χ4n) is 3.75. The van der Waals surface area contributed by atoms with Crippen molar-refractivity contribution in [3.63, 3.8) is 0 Å². The minimum Gasteiger partial charge on any atom is -0.357 e. The van der Waals surface area contributed by atoms with Gasteiger partial charge in [-0.15, -0.1) is 0 Å². The summed E-state index contributed by atoms with van der Waals surface area (Å²) in [4.78, 5) is 18.9. The first-order valence-electron chi connectivity index (χ1n) is 9.28. The van der Waals surface area contributed by atoms with Gasteiger partial charge in [0.1, 0.15) is 5.82 Å². The quantitative estimate of drug-likeness (QED) is 0.871. The van der Waals surface area contributed by atoms with Gasteiger partial charge in [0, 0.05) is 32.3 Å². The first-order valence-corrected chi connectivity index (χ1v) is 9.28. The Bertz CT molecular complexity index is 488. The summed E-state index contributed by atoms with van der Waals surface area (Å²) in [5, 5.41) is 3.03. The largest absolute Gasteiger partial charge is 0.357 e. The molecule has 126 valence electrons. The van der Waals surface area contributed by atoms with Crippen molar-refractivity contribution in [3.8, 4) is 0 Å². The zero-order valence-electron chi connectivity index (χ0n) is 14.1. The molecule has 1 aliphatic carbocycles.